The van der Waals surface area contributed by atoms with Crippen LogP contribution in [0.15, 0.2) is 60.8 Å². The lowest BCUT2D eigenvalue weighted by atomic mass is 9.95. The van der Waals surface area contributed by atoms with E-state index in [9.17, 15) is 0 Å². The van der Waals surface area contributed by atoms with Crippen LogP contribution in [0.5, 0.6) is 5.75 Å². The van der Waals surface area contributed by atoms with Gasteiger partial charge in [0, 0.05) is 30.0 Å². The van der Waals surface area contributed by atoms with Gasteiger partial charge in [-0.15, -0.1) is 0 Å². The lowest BCUT2D eigenvalue weighted by Gasteiger charge is -2.23. The number of anilines is 2. The molecule has 2 N–H and O–H groups in total. The highest BCUT2D eigenvalue weighted by Gasteiger charge is 2.14. The van der Waals surface area contributed by atoms with E-state index in [1.165, 1.54) is 37.7 Å². The molecular formula is C25H28ClN3O. The summed E-state index contributed by atoms with van der Waals surface area (Å²) in [4.78, 5) is 4.50. The quantitative estimate of drug-likeness (QED) is 0.442. The molecule has 1 heterocycles. The van der Waals surface area contributed by atoms with Crippen LogP contribution in [0.25, 0.3) is 11.1 Å². The molecule has 1 aliphatic carbocycles. The van der Waals surface area contributed by atoms with E-state index in [1.807, 2.05) is 24.3 Å². The minimum absolute atomic E-state index is 0.510. The topological polar surface area (TPSA) is 46.2 Å². The third-order valence-corrected chi connectivity index (χ3v) is 5.92. The molecule has 5 heteroatoms. The zero-order valence-corrected chi connectivity index (χ0v) is 18.1. The number of hydrogen-bond acceptors (Lipinski definition) is 4. The van der Waals surface area contributed by atoms with Gasteiger partial charge in [0.2, 0.25) is 0 Å². The SMILES string of the molecule is COc1cccc(CNc2cccc(-c3cc(NC4CCCCC4)ncc3Cl)c2)c1. The zero-order valence-electron chi connectivity index (χ0n) is 17.3. The van der Waals surface area contributed by atoms with Crippen LogP contribution in [-0.2, 0) is 6.54 Å². The van der Waals surface area contributed by atoms with Crippen LogP contribution in [0.2, 0.25) is 5.02 Å². The van der Waals surface area contributed by atoms with Crippen molar-refractivity contribution in [2.45, 2.75) is 44.7 Å². The van der Waals surface area contributed by atoms with Crippen molar-refractivity contribution >= 4 is 23.1 Å². The number of nitrogens with zero attached hydrogens (tertiary/aromatic N) is 1. The Morgan fingerprint density at radius 3 is 2.70 bits per heavy atom. The number of ether oxygens (including phenoxy) is 1. The maximum Gasteiger partial charge on any atom is 0.126 e. The molecule has 0 saturated heterocycles. The number of nitrogens with one attached hydrogen (secondary N) is 2. The Hall–Kier alpha value is -2.72. The summed E-state index contributed by atoms with van der Waals surface area (Å²) in [6.07, 6.45) is 8.09. The van der Waals surface area contributed by atoms with Crippen LogP contribution in [0.3, 0.4) is 0 Å². The molecule has 0 unspecified atom stereocenters. The van der Waals surface area contributed by atoms with Crippen molar-refractivity contribution in [1.29, 1.82) is 0 Å². The molecule has 156 valence electrons. The van der Waals surface area contributed by atoms with Crippen LogP contribution in [-0.4, -0.2) is 18.1 Å². The maximum atomic E-state index is 6.51. The van der Waals surface area contributed by atoms with Crippen LogP contribution < -0.4 is 15.4 Å². The normalized spacial score (nSPS) is 14.3. The smallest absolute Gasteiger partial charge is 0.126 e. The van der Waals surface area contributed by atoms with E-state index in [0.29, 0.717) is 11.1 Å². The highest BCUT2D eigenvalue weighted by atomic mass is 35.5. The summed E-state index contributed by atoms with van der Waals surface area (Å²) >= 11 is 6.51. The van der Waals surface area contributed by atoms with E-state index < -0.39 is 0 Å². The number of hydrogen-bond donors (Lipinski definition) is 2. The summed E-state index contributed by atoms with van der Waals surface area (Å²) in [6, 6.07) is 19.0. The van der Waals surface area contributed by atoms with Crippen molar-refractivity contribution in [3.63, 3.8) is 0 Å². The minimum Gasteiger partial charge on any atom is -0.497 e. The van der Waals surface area contributed by atoms with Gasteiger partial charge in [0.1, 0.15) is 11.6 Å². The molecule has 1 aliphatic rings. The van der Waals surface area contributed by atoms with Crippen molar-refractivity contribution in [2.24, 2.45) is 0 Å². The Morgan fingerprint density at radius 1 is 1.03 bits per heavy atom. The predicted molar refractivity (Wildman–Crippen MR) is 125 cm³/mol. The first kappa shape index (κ1) is 20.5. The summed E-state index contributed by atoms with van der Waals surface area (Å²) in [5.74, 6) is 1.76. The lowest BCUT2D eigenvalue weighted by Crippen LogP contribution is -2.22. The van der Waals surface area contributed by atoms with Gasteiger partial charge in [-0.1, -0.05) is 55.1 Å². The fourth-order valence-corrected chi connectivity index (χ4v) is 4.19. The summed E-state index contributed by atoms with van der Waals surface area (Å²) in [5.41, 5.74) is 4.28. The molecular weight excluding hydrogens is 394 g/mol. The molecule has 4 nitrogen and oxygen atoms in total. The van der Waals surface area contributed by atoms with E-state index in [4.69, 9.17) is 16.3 Å². The molecule has 2 aromatic carbocycles. The minimum atomic E-state index is 0.510. The van der Waals surface area contributed by atoms with Gasteiger partial charge in [-0.3, -0.25) is 0 Å². The van der Waals surface area contributed by atoms with Crippen molar-refractivity contribution in [1.82, 2.24) is 4.98 Å². The second kappa shape index (κ2) is 9.86. The Kier molecular flexibility index (Phi) is 6.75. The maximum absolute atomic E-state index is 6.51. The third kappa shape index (κ3) is 5.25. The predicted octanol–water partition coefficient (Wildman–Crippen LogP) is 6.77. The Labute approximate surface area is 183 Å². The van der Waals surface area contributed by atoms with Gasteiger partial charge in [0.15, 0.2) is 0 Å². The first-order chi connectivity index (χ1) is 14.7. The van der Waals surface area contributed by atoms with E-state index in [-0.39, 0.29) is 0 Å². The second-order valence-electron chi connectivity index (χ2n) is 7.81. The van der Waals surface area contributed by atoms with E-state index in [2.05, 4.69) is 45.9 Å². The standard InChI is InChI=1S/C25H28ClN3O/c1-30-22-12-5-7-18(13-22)16-27-21-11-6-8-19(14-21)23-15-25(28-17-24(23)26)29-20-9-3-2-4-10-20/h5-8,11-15,17,20,27H,2-4,9-10,16H2,1H3,(H,28,29). The molecule has 1 saturated carbocycles. The van der Waals surface area contributed by atoms with Gasteiger partial charge in [-0.05, 0) is 54.3 Å². The van der Waals surface area contributed by atoms with Crippen molar-refractivity contribution < 1.29 is 4.74 Å². The molecule has 3 aromatic rings. The molecule has 30 heavy (non-hydrogen) atoms. The number of pyridine rings is 1. The van der Waals surface area contributed by atoms with Gasteiger partial charge >= 0.3 is 0 Å². The van der Waals surface area contributed by atoms with Crippen molar-refractivity contribution in [3.8, 4) is 16.9 Å². The van der Waals surface area contributed by atoms with Crippen LogP contribution >= 0.6 is 11.6 Å². The van der Waals surface area contributed by atoms with E-state index >= 15 is 0 Å². The fourth-order valence-electron chi connectivity index (χ4n) is 3.98. The van der Waals surface area contributed by atoms with Gasteiger partial charge in [0.05, 0.1) is 12.1 Å². The average molecular weight is 422 g/mol. The number of methoxy groups -OCH3 is 1. The lowest BCUT2D eigenvalue weighted by molar-refractivity contribution is 0.414. The largest absolute Gasteiger partial charge is 0.497 e. The molecule has 0 radical (unpaired) electrons. The van der Waals surface area contributed by atoms with Crippen LogP contribution in [0, 0.1) is 0 Å². The molecule has 0 bridgehead atoms. The van der Waals surface area contributed by atoms with Gasteiger partial charge < -0.3 is 15.4 Å². The number of benzene rings is 2. The Morgan fingerprint density at radius 2 is 1.87 bits per heavy atom. The molecule has 0 aliphatic heterocycles. The first-order valence-electron chi connectivity index (χ1n) is 10.6. The highest BCUT2D eigenvalue weighted by molar-refractivity contribution is 6.33. The van der Waals surface area contributed by atoms with E-state index in [0.717, 1.165) is 34.9 Å². The van der Waals surface area contributed by atoms with Crippen LogP contribution in [0.1, 0.15) is 37.7 Å². The monoisotopic (exact) mass is 421 g/mol. The zero-order chi connectivity index (χ0) is 20.8. The third-order valence-electron chi connectivity index (χ3n) is 5.62. The average Bonchev–Trinajstić information content (AvgIpc) is 2.80. The molecule has 0 amide bonds. The summed E-state index contributed by atoms with van der Waals surface area (Å²) < 4.78 is 5.31. The van der Waals surface area contributed by atoms with Crippen LogP contribution in [0.4, 0.5) is 11.5 Å². The molecule has 0 spiro atoms. The van der Waals surface area contributed by atoms with Gasteiger partial charge in [0.25, 0.3) is 0 Å². The molecule has 1 aromatic heterocycles. The Bertz CT molecular complexity index is 986. The molecule has 1 fully saturated rings. The highest BCUT2D eigenvalue weighted by Crippen LogP contribution is 2.32. The molecule has 0 atom stereocenters. The summed E-state index contributed by atoms with van der Waals surface area (Å²) in [5, 5.41) is 7.75. The fraction of sp³-hybridized carbons (Fsp3) is 0.320. The number of rotatable bonds is 7. The number of halogens is 1. The van der Waals surface area contributed by atoms with Crippen molar-refractivity contribution in [2.75, 3.05) is 17.7 Å². The summed E-state index contributed by atoms with van der Waals surface area (Å²) in [6.45, 7) is 0.721. The van der Waals surface area contributed by atoms with Gasteiger partial charge in [-0.2, -0.15) is 0 Å². The van der Waals surface area contributed by atoms with E-state index in [1.54, 1.807) is 13.3 Å². The van der Waals surface area contributed by atoms with Crippen molar-refractivity contribution in [3.05, 3.63) is 71.4 Å². The molecule has 4 rings (SSSR count). The number of aromatic nitrogens is 1. The summed E-state index contributed by atoms with van der Waals surface area (Å²) in [7, 11) is 1.69. The van der Waals surface area contributed by atoms with Gasteiger partial charge in [-0.25, -0.2) is 4.98 Å². The Balaban J connectivity index is 1.49. The second-order valence-corrected chi connectivity index (χ2v) is 8.22. The first-order valence-corrected chi connectivity index (χ1v) is 11.0.